The molecule has 0 atom stereocenters. The molecule has 3 aromatic rings. The molecular formula is C18H13ClF3NO. The minimum absolute atomic E-state index is 0.102. The summed E-state index contributed by atoms with van der Waals surface area (Å²) in [5.74, 6) is 0.102. The van der Waals surface area contributed by atoms with Crippen molar-refractivity contribution in [3.8, 4) is 16.9 Å². The zero-order valence-corrected chi connectivity index (χ0v) is 13.4. The number of pyridine rings is 1. The van der Waals surface area contributed by atoms with Crippen LogP contribution >= 0.6 is 11.6 Å². The smallest absolute Gasteiger partial charge is 0.422 e. The molecule has 0 radical (unpaired) electrons. The molecule has 0 saturated heterocycles. The van der Waals surface area contributed by atoms with Gasteiger partial charge in [-0.25, -0.2) is 4.98 Å². The predicted octanol–water partition coefficient (Wildman–Crippen LogP) is 5.80. The molecule has 1 heterocycles. The van der Waals surface area contributed by atoms with Crippen molar-refractivity contribution >= 4 is 22.4 Å². The summed E-state index contributed by atoms with van der Waals surface area (Å²) in [5, 5.41) is 1.58. The van der Waals surface area contributed by atoms with Gasteiger partial charge in [-0.1, -0.05) is 35.9 Å². The van der Waals surface area contributed by atoms with Crippen LogP contribution in [0.5, 0.6) is 5.75 Å². The van der Waals surface area contributed by atoms with Crippen molar-refractivity contribution in [2.24, 2.45) is 0 Å². The first-order chi connectivity index (χ1) is 11.3. The number of hydrogen-bond acceptors (Lipinski definition) is 2. The minimum atomic E-state index is -4.39. The van der Waals surface area contributed by atoms with Crippen molar-refractivity contribution in [3.63, 3.8) is 0 Å². The molecule has 0 amide bonds. The zero-order valence-electron chi connectivity index (χ0n) is 12.7. The number of aryl methyl sites for hydroxylation is 1. The van der Waals surface area contributed by atoms with E-state index in [1.54, 1.807) is 12.3 Å². The predicted molar refractivity (Wildman–Crippen MR) is 88.5 cm³/mol. The monoisotopic (exact) mass is 351 g/mol. The maximum absolute atomic E-state index is 12.3. The van der Waals surface area contributed by atoms with E-state index in [1.165, 1.54) is 12.1 Å². The molecule has 124 valence electrons. The van der Waals surface area contributed by atoms with Crippen molar-refractivity contribution < 1.29 is 17.9 Å². The first kappa shape index (κ1) is 16.6. The van der Waals surface area contributed by atoms with Gasteiger partial charge >= 0.3 is 6.18 Å². The highest BCUT2D eigenvalue weighted by atomic mass is 35.5. The highest BCUT2D eigenvalue weighted by molar-refractivity contribution is 6.34. The quantitative estimate of drug-likeness (QED) is 0.556. The van der Waals surface area contributed by atoms with E-state index in [9.17, 15) is 13.2 Å². The average Bonchev–Trinajstić information content (AvgIpc) is 2.54. The summed E-state index contributed by atoms with van der Waals surface area (Å²) in [6.07, 6.45) is -2.72. The fourth-order valence-corrected chi connectivity index (χ4v) is 2.74. The summed E-state index contributed by atoms with van der Waals surface area (Å²) < 4.78 is 41.7. The van der Waals surface area contributed by atoms with Gasteiger partial charge in [-0.15, -0.1) is 0 Å². The first-order valence-electron chi connectivity index (χ1n) is 7.19. The molecule has 0 bridgehead atoms. The molecule has 6 heteroatoms. The van der Waals surface area contributed by atoms with Gasteiger partial charge < -0.3 is 4.74 Å². The van der Waals surface area contributed by atoms with Crippen LogP contribution in [-0.4, -0.2) is 17.8 Å². The Morgan fingerprint density at radius 2 is 1.79 bits per heavy atom. The fraction of sp³-hybridized carbons (Fsp3) is 0.167. The van der Waals surface area contributed by atoms with Crippen LogP contribution in [0.2, 0.25) is 5.15 Å². The number of ether oxygens (including phenoxy) is 1. The van der Waals surface area contributed by atoms with Crippen molar-refractivity contribution in [1.29, 1.82) is 0 Å². The third-order valence-electron chi connectivity index (χ3n) is 3.65. The zero-order chi connectivity index (χ0) is 17.3. The third kappa shape index (κ3) is 3.46. The van der Waals surface area contributed by atoms with Crippen LogP contribution in [0.15, 0.2) is 48.7 Å². The Morgan fingerprint density at radius 3 is 2.50 bits per heavy atom. The number of aromatic nitrogens is 1. The SMILES string of the molecule is Cc1ccccc1-c1cnc(Cl)c2cc(OCC(F)(F)F)ccc12. The van der Waals surface area contributed by atoms with Gasteiger partial charge in [0, 0.05) is 17.1 Å². The fourth-order valence-electron chi connectivity index (χ4n) is 2.53. The van der Waals surface area contributed by atoms with Crippen molar-refractivity contribution in [1.82, 2.24) is 4.98 Å². The van der Waals surface area contributed by atoms with E-state index in [-0.39, 0.29) is 10.9 Å². The van der Waals surface area contributed by atoms with Gasteiger partial charge in [0.15, 0.2) is 6.61 Å². The van der Waals surface area contributed by atoms with Crippen LogP contribution < -0.4 is 4.74 Å². The van der Waals surface area contributed by atoms with Crippen molar-refractivity contribution in [3.05, 3.63) is 59.4 Å². The Morgan fingerprint density at radius 1 is 1.04 bits per heavy atom. The average molecular weight is 352 g/mol. The molecule has 3 rings (SSSR count). The summed E-state index contributed by atoms with van der Waals surface area (Å²) >= 11 is 6.13. The molecule has 0 N–H and O–H groups in total. The maximum atomic E-state index is 12.3. The minimum Gasteiger partial charge on any atom is -0.484 e. The summed E-state index contributed by atoms with van der Waals surface area (Å²) in [6, 6.07) is 12.5. The van der Waals surface area contributed by atoms with Gasteiger partial charge in [-0.3, -0.25) is 0 Å². The normalized spacial score (nSPS) is 11.7. The second-order valence-electron chi connectivity index (χ2n) is 5.39. The molecule has 1 aromatic heterocycles. The van der Waals surface area contributed by atoms with Crippen molar-refractivity contribution in [2.45, 2.75) is 13.1 Å². The topological polar surface area (TPSA) is 22.1 Å². The second-order valence-corrected chi connectivity index (χ2v) is 5.75. The van der Waals surface area contributed by atoms with E-state index in [1.807, 2.05) is 31.2 Å². The van der Waals surface area contributed by atoms with Crippen LogP contribution in [-0.2, 0) is 0 Å². The van der Waals surface area contributed by atoms with Gasteiger partial charge in [0.25, 0.3) is 0 Å². The molecule has 0 fully saturated rings. The Balaban J connectivity index is 2.08. The van der Waals surface area contributed by atoms with E-state index < -0.39 is 12.8 Å². The lowest BCUT2D eigenvalue weighted by atomic mass is 9.97. The second kappa shape index (κ2) is 6.32. The first-order valence-corrected chi connectivity index (χ1v) is 7.57. The Labute approximate surface area is 141 Å². The number of benzene rings is 2. The third-order valence-corrected chi connectivity index (χ3v) is 3.95. The van der Waals surface area contributed by atoms with Crippen LogP contribution in [0.4, 0.5) is 13.2 Å². The van der Waals surface area contributed by atoms with Crippen molar-refractivity contribution in [2.75, 3.05) is 6.61 Å². The van der Waals surface area contributed by atoms with Gasteiger partial charge in [-0.05, 0) is 41.6 Å². The number of rotatable bonds is 3. The highest BCUT2D eigenvalue weighted by Crippen LogP contribution is 2.35. The molecule has 0 saturated carbocycles. The standard InChI is InChI=1S/C18H13ClF3NO/c1-11-4-2-3-5-13(11)16-9-23-17(19)15-8-12(6-7-14(15)16)24-10-18(20,21)22/h2-9H,10H2,1H3. The molecule has 0 unspecified atom stereocenters. The molecule has 2 nitrogen and oxygen atoms in total. The largest absolute Gasteiger partial charge is 0.484 e. The van der Waals surface area contributed by atoms with E-state index >= 15 is 0 Å². The molecule has 0 aliphatic rings. The molecule has 2 aromatic carbocycles. The summed E-state index contributed by atoms with van der Waals surface area (Å²) in [5.41, 5.74) is 2.94. The van der Waals surface area contributed by atoms with Crippen LogP contribution in [0.1, 0.15) is 5.56 Å². The Kier molecular flexibility index (Phi) is 4.37. The summed E-state index contributed by atoms with van der Waals surface area (Å²) in [4.78, 5) is 4.16. The maximum Gasteiger partial charge on any atom is 0.422 e. The summed E-state index contributed by atoms with van der Waals surface area (Å²) in [6.45, 7) is 0.637. The number of nitrogens with zero attached hydrogens (tertiary/aromatic N) is 1. The number of hydrogen-bond donors (Lipinski definition) is 0. The molecular weight excluding hydrogens is 339 g/mol. The van der Waals surface area contributed by atoms with Gasteiger partial charge in [0.05, 0.1) is 0 Å². The van der Waals surface area contributed by atoms with Gasteiger partial charge in [0.1, 0.15) is 10.9 Å². The Bertz CT molecular complexity index is 893. The summed E-state index contributed by atoms with van der Waals surface area (Å²) in [7, 11) is 0. The van der Waals surface area contributed by atoms with Crippen LogP contribution in [0.25, 0.3) is 21.9 Å². The molecule has 24 heavy (non-hydrogen) atoms. The lowest BCUT2D eigenvalue weighted by Gasteiger charge is -2.13. The molecule has 0 aliphatic heterocycles. The van der Waals surface area contributed by atoms with Crippen LogP contribution in [0.3, 0.4) is 0 Å². The molecule has 0 spiro atoms. The Hall–Kier alpha value is -2.27. The lowest BCUT2D eigenvalue weighted by molar-refractivity contribution is -0.153. The molecule has 0 aliphatic carbocycles. The van der Waals surface area contributed by atoms with E-state index in [0.29, 0.717) is 5.39 Å². The number of alkyl halides is 3. The van der Waals surface area contributed by atoms with E-state index in [0.717, 1.165) is 22.1 Å². The lowest BCUT2D eigenvalue weighted by Crippen LogP contribution is -2.19. The van der Waals surface area contributed by atoms with E-state index in [2.05, 4.69) is 4.98 Å². The highest BCUT2D eigenvalue weighted by Gasteiger charge is 2.28. The van der Waals surface area contributed by atoms with Crippen LogP contribution in [0, 0.1) is 6.92 Å². The van der Waals surface area contributed by atoms with Gasteiger partial charge in [0.2, 0.25) is 0 Å². The van der Waals surface area contributed by atoms with E-state index in [4.69, 9.17) is 16.3 Å². The number of halogens is 4. The van der Waals surface area contributed by atoms with Gasteiger partial charge in [-0.2, -0.15) is 13.2 Å². The number of fused-ring (bicyclic) bond motifs is 1.